The van der Waals surface area contributed by atoms with Crippen molar-refractivity contribution in [1.29, 1.82) is 0 Å². The number of halogens is 3. The molecule has 0 aliphatic carbocycles. The van der Waals surface area contributed by atoms with Crippen LogP contribution in [-0.2, 0) is 27.2 Å². The fourth-order valence-electron chi connectivity index (χ4n) is 4.81. The monoisotopic (exact) mass is 552 g/mol. The number of carbonyl (C=O) groups excluding carboxylic acids is 2. The van der Waals surface area contributed by atoms with Gasteiger partial charge in [0.15, 0.2) is 0 Å². The van der Waals surface area contributed by atoms with Crippen LogP contribution in [0, 0.1) is 5.92 Å². The number of hydrogen-bond donors (Lipinski definition) is 3. The summed E-state index contributed by atoms with van der Waals surface area (Å²) in [6.45, 7) is 0.127. The van der Waals surface area contributed by atoms with Gasteiger partial charge in [0, 0.05) is 33.6 Å². The molecule has 2 aliphatic rings. The van der Waals surface area contributed by atoms with Crippen molar-refractivity contribution in [1.82, 2.24) is 19.5 Å². The molecule has 2 aliphatic heterocycles. The van der Waals surface area contributed by atoms with E-state index in [0.29, 0.717) is 34.1 Å². The molecule has 1 aromatic carbocycles. The van der Waals surface area contributed by atoms with Gasteiger partial charge in [0.25, 0.3) is 0 Å². The Labute approximate surface area is 222 Å². The molecule has 3 N–H and O–H groups in total. The Hall–Kier alpha value is -3.97. The lowest BCUT2D eigenvalue weighted by Gasteiger charge is -2.33. The maximum absolute atomic E-state index is 13.6. The normalized spacial score (nSPS) is 18.8. The van der Waals surface area contributed by atoms with E-state index in [1.54, 1.807) is 22.9 Å². The number of hydrogen-bond acceptors (Lipinski definition) is 7. The van der Waals surface area contributed by atoms with E-state index in [-0.39, 0.29) is 13.0 Å². The molecular formula is C25H31F3N6O5. The molecule has 14 heteroatoms. The van der Waals surface area contributed by atoms with Gasteiger partial charge in [-0.05, 0) is 29.7 Å². The van der Waals surface area contributed by atoms with Crippen molar-refractivity contribution >= 4 is 23.7 Å². The number of benzene rings is 1. The van der Waals surface area contributed by atoms with Crippen molar-refractivity contribution in [3.05, 3.63) is 41.2 Å². The van der Waals surface area contributed by atoms with Crippen LogP contribution in [0.2, 0.25) is 0 Å². The quantitative estimate of drug-likeness (QED) is 0.431. The molecule has 11 nitrogen and oxygen atoms in total. The molecule has 212 valence electrons. The number of aromatic nitrogens is 2. The van der Waals surface area contributed by atoms with Crippen molar-refractivity contribution in [2.24, 2.45) is 5.92 Å². The maximum Gasteiger partial charge on any atom is 0.406 e. The van der Waals surface area contributed by atoms with Crippen LogP contribution in [0.15, 0.2) is 24.4 Å². The zero-order valence-electron chi connectivity index (χ0n) is 21.6. The highest BCUT2D eigenvalue weighted by Crippen LogP contribution is 2.39. The highest BCUT2D eigenvalue weighted by molar-refractivity contribution is 5.86. The summed E-state index contributed by atoms with van der Waals surface area (Å²) in [7, 11) is 2.95. The number of carbonyl (C=O) groups is 3. The molecule has 0 spiro atoms. The van der Waals surface area contributed by atoms with Gasteiger partial charge in [0.1, 0.15) is 12.3 Å². The number of alkyl halides is 3. The molecule has 2 amide bonds. The van der Waals surface area contributed by atoms with Gasteiger partial charge in [-0.1, -0.05) is 6.07 Å². The standard InChI is InChI=1S/C25H31F3N6O5/c1-32(2)21(35)12-20-19-11-18(39-8-5-17-13-34-24(31-17)29-6-7-30-34)4-3-15(19)9-16(10-22(36)37)23(38)33(20)14-25(26,27)28/h3-4,11,13,16,20,30H,5-10,12,14H2,1-2H3,(H,29,31)(H,36,37)/t16-,20?/m0/s1. The fourth-order valence-corrected chi connectivity index (χ4v) is 4.81. The number of ether oxygens (including phenoxy) is 1. The molecule has 0 radical (unpaired) electrons. The van der Waals surface area contributed by atoms with Gasteiger partial charge in [-0.25, -0.2) is 9.66 Å². The highest BCUT2D eigenvalue weighted by atomic mass is 19.4. The molecule has 1 unspecified atom stereocenters. The first-order valence-electron chi connectivity index (χ1n) is 12.5. The number of aliphatic carboxylic acids is 1. The van der Waals surface area contributed by atoms with Crippen LogP contribution in [0.25, 0.3) is 0 Å². The Bertz CT molecular complexity index is 1210. The van der Waals surface area contributed by atoms with E-state index in [9.17, 15) is 32.7 Å². The second-order valence-corrected chi connectivity index (χ2v) is 9.81. The molecule has 0 fully saturated rings. The molecule has 4 rings (SSSR count). The SMILES string of the molecule is CN(C)C(=O)CC1c2cc(OCCc3cn4c(n3)NCCN4)ccc2C[C@@H](CC(=O)O)C(=O)N1CC(F)(F)F. The Morgan fingerprint density at radius 3 is 2.67 bits per heavy atom. The summed E-state index contributed by atoms with van der Waals surface area (Å²) in [5, 5.41) is 12.5. The molecule has 0 bridgehead atoms. The van der Waals surface area contributed by atoms with Gasteiger partial charge >= 0.3 is 12.1 Å². The number of carboxylic acids is 1. The molecule has 3 heterocycles. The smallest absolute Gasteiger partial charge is 0.406 e. The third-order valence-electron chi connectivity index (χ3n) is 6.66. The van der Waals surface area contributed by atoms with E-state index in [4.69, 9.17) is 4.74 Å². The van der Waals surface area contributed by atoms with Crippen molar-refractivity contribution in [2.75, 3.05) is 51.1 Å². The summed E-state index contributed by atoms with van der Waals surface area (Å²) < 4.78 is 48.6. The summed E-state index contributed by atoms with van der Waals surface area (Å²) in [5.74, 6) is -2.87. The maximum atomic E-state index is 13.6. The number of imidazole rings is 1. The van der Waals surface area contributed by atoms with Crippen molar-refractivity contribution < 1.29 is 37.4 Å². The summed E-state index contributed by atoms with van der Waals surface area (Å²) in [6.07, 6.45) is -3.55. The summed E-state index contributed by atoms with van der Waals surface area (Å²) >= 11 is 0. The predicted molar refractivity (Wildman–Crippen MR) is 134 cm³/mol. The van der Waals surface area contributed by atoms with E-state index in [2.05, 4.69) is 15.7 Å². The average Bonchev–Trinajstić information content (AvgIpc) is 3.24. The van der Waals surface area contributed by atoms with E-state index >= 15 is 0 Å². The number of amides is 2. The van der Waals surface area contributed by atoms with Crippen molar-refractivity contribution in [2.45, 2.75) is 37.9 Å². The first-order valence-corrected chi connectivity index (χ1v) is 12.5. The minimum absolute atomic E-state index is 0.0675. The minimum Gasteiger partial charge on any atom is -0.493 e. The number of carboxylic acid groups (broad SMARTS) is 1. The molecule has 2 aromatic rings. The van der Waals surface area contributed by atoms with Crippen molar-refractivity contribution in [3.63, 3.8) is 0 Å². The fraction of sp³-hybridized carbons (Fsp3) is 0.520. The number of rotatable bonds is 9. The Morgan fingerprint density at radius 1 is 1.23 bits per heavy atom. The average molecular weight is 553 g/mol. The number of nitrogens with zero attached hydrogens (tertiary/aromatic N) is 4. The van der Waals surface area contributed by atoms with Crippen LogP contribution in [0.4, 0.5) is 19.1 Å². The largest absolute Gasteiger partial charge is 0.493 e. The first-order chi connectivity index (χ1) is 18.4. The summed E-state index contributed by atoms with van der Waals surface area (Å²) in [6, 6.07) is 3.56. The lowest BCUT2D eigenvalue weighted by Crippen LogP contribution is -2.45. The van der Waals surface area contributed by atoms with Crippen LogP contribution < -0.4 is 15.5 Å². The van der Waals surface area contributed by atoms with Gasteiger partial charge in [-0.3, -0.25) is 14.4 Å². The third kappa shape index (κ3) is 6.92. The van der Waals surface area contributed by atoms with Gasteiger partial charge < -0.3 is 30.4 Å². The zero-order valence-corrected chi connectivity index (χ0v) is 21.6. The molecule has 0 saturated heterocycles. The van der Waals surface area contributed by atoms with Gasteiger partial charge in [-0.15, -0.1) is 0 Å². The van der Waals surface area contributed by atoms with E-state index < -0.39 is 55.3 Å². The van der Waals surface area contributed by atoms with E-state index in [0.717, 1.165) is 18.8 Å². The van der Waals surface area contributed by atoms with E-state index in [1.807, 2.05) is 6.20 Å². The number of anilines is 1. The highest BCUT2D eigenvalue weighted by Gasteiger charge is 2.43. The lowest BCUT2D eigenvalue weighted by molar-refractivity contribution is -0.170. The molecular weight excluding hydrogens is 521 g/mol. The Balaban J connectivity index is 1.62. The molecule has 1 aromatic heterocycles. The second-order valence-electron chi connectivity index (χ2n) is 9.81. The summed E-state index contributed by atoms with van der Waals surface area (Å²) in [5.41, 5.74) is 4.78. The lowest BCUT2D eigenvalue weighted by atomic mass is 9.92. The Morgan fingerprint density at radius 2 is 2.00 bits per heavy atom. The minimum atomic E-state index is -4.76. The third-order valence-corrected chi connectivity index (χ3v) is 6.66. The topological polar surface area (TPSA) is 129 Å². The second kappa shape index (κ2) is 11.4. The predicted octanol–water partition coefficient (Wildman–Crippen LogP) is 2.03. The van der Waals surface area contributed by atoms with Gasteiger partial charge in [0.2, 0.25) is 17.8 Å². The Kier molecular flexibility index (Phi) is 8.21. The van der Waals surface area contributed by atoms with Crippen LogP contribution in [0.1, 0.15) is 35.7 Å². The zero-order chi connectivity index (χ0) is 28.3. The summed E-state index contributed by atoms with van der Waals surface area (Å²) in [4.78, 5) is 43.7. The number of fused-ring (bicyclic) bond motifs is 2. The van der Waals surface area contributed by atoms with Crippen LogP contribution in [-0.4, -0.2) is 88.9 Å². The van der Waals surface area contributed by atoms with Gasteiger partial charge in [-0.2, -0.15) is 13.2 Å². The molecule has 2 atom stereocenters. The van der Waals surface area contributed by atoms with Crippen molar-refractivity contribution in [3.8, 4) is 5.75 Å². The molecule has 0 saturated carbocycles. The van der Waals surface area contributed by atoms with Crippen LogP contribution in [0.5, 0.6) is 5.75 Å². The first kappa shape index (κ1) is 28.0. The van der Waals surface area contributed by atoms with Crippen LogP contribution in [0.3, 0.4) is 0 Å². The van der Waals surface area contributed by atoms with Gasteiger partial charge in [0.05, 0.1) is 43.3 Å². The molecule has 39 heavy (non-hydrogen) atoms. The number of nitrogens with one attached hydrogen (secondary N) is 2. The van der Waals surface area contributed by atoms with Crippen LogP contribution >= 0.6 is 0 Å². The van der Waals surface area contributed by atoms with E-state index in [1.165, 1.54) is 19.0 Å².